The molecule has 0 unspecified atom stereocenters. The van der Waals surface area contributed by atoms with Crippen LogP contribution in [-0.4, -0.2) is 20.0 Å². The predicted octanol–water partition coefficient (Wildman–Crippen LogP) is 3.37. The van der Waals surface area contributed by atoms with E-state index in [2.05, 4.69) is 35.2 Å². The minimum Gasteiger partial charge on any atom is -0.485 e. The van der Waals surface area contributed by atoms with Crippen LogP contribution in [0.2, 0.25) is 0 Å². The van der Waals surface area contributed by atoms with E-state index in [0.29, 0.717) is 12.5 Å². The van der Waals surface area contributed by atoms with E-state index in [-0.39, 0.29) is 0 Å². The van der Waals surface area contributed by atoms with Crippen LogP contribution in [0.15, 0.2) is 36.5 Å². The van der Waals surface area contributed by atoms with E-state index in [1.54, 1.807) is 0 Å². The Morgan fingerprint density at radius 3 is 2.86 bits per heavy atom. The summed E-state index contributed by atoms with van der Waals surface area (Å²) in [6.07, 6.45) is 1.93. The second kappa shape index (κ2) is 6.13. The zero-order valence-corrected chi connectivity index (χ0v) is 13.2. The van der Waals surface area contributed by atoms with Gasteiger partial charge in [-0.1, -0.05) is 37.3 Å². The lowest BCUT2D eigenvalue weighted by Gasteiger charge is -2.07. The van der Waals surface area contributed by atoms with Gasteiger partial charge < -0.3 is 4.74 Å². The van der Waals surface area contributed by atoms with Crippen LogP contribution < -0.4 is 4.74 Å². The molecule has 0 aliphatic carbocycles. The highest BCUT2D eigenvalue weighted by molar-refractivity contribution is 5.84. The average Bonchev–Trinajstić information content (AvgIpc) is 2.91. The van der Waals surface area contributed by atoms with Gasteiger partial charge in [0.15, 0.2) is 0 Å². The molecule has 0 amide bonds. The van der Waals surface area contributed by atoms with Gasteiger partial charge in [0.05, 0.1) is 6.20 Å². The Bertz CT molecular complexity index is 779. The fourth-order valence-corrected chi connectivity index (χ4v) is 2.35. The maximum atomic E-state index is 5.90. The summed E-state index contributed by atoms with van der Waals surface area (Å²) < 4.78 is 7.76. The predicted molar refractivity (Wildman–Crippen MR) is 85.7 cm³/mol. The monoisotopic (exact) mass is 296 g/mol. The van der Waals surface area contributed by atoms with Crippen LogP contribution in [0.4, 0.5) is 0 Å². The van der Waals surface area contributed by atoms with Crippen LogP contribution in [0.5, 0.6) is 5.75 Å². The van der Waals surface area contributed by atoms with Gasteiger partial charge in [0.1, 0.15) is 23.6 Å². The van der Waals surface area contributed by atoms with Crippen LogP contribution in [0.3, 0.4) is 0 Å². The molecule has 0 N–H and O–H groups in total. The summed E-state index contributed by atoms with van der Waals surface area (Å²) in [4.78, 5) is 4.57. The van der Waals surface area contributed by atoms with Gasteiger partial charge in [-0.25, -0.2) is 4.98 Å². The van der Waals surface area contributed by atoms with Crippen molar-refractivity contribution >= 4 is 10.9 Å². The van der Waals surface area contributed by atoms with Crippen molar-refractivity contribution in [1.29, 1.82) is 0 Å². The molecular formula is C17H20N4O. The number of aryl methyl sites for hydroxylation is 1. The number of rotatable bonds is 5. The molecule has 1 aromatic carbocycles. The number of nitrogens with zero attached hydrogens (tertiary/aromatic N) is 4. The third-order valence-corrected chi connectivity index (χ3v) is 3.34. The molecule has 0 radical (unpaired) electrons. The molecule has 0 saturated heterocycles. The highest BCUT2D eigenvalue weighted by Gasteiger charge is 2.07. The number of fused-ring (bicyclic) bond motifs is 1. The molecule has 0 aliphatic heterocycles. The fraction of sp³-hybridized carbons (Fsp3) is 0.353. The first-order valence-electron chi connectivity index (χ1n) is 7.50. The van der Waals surface area contributed by atoms with Gasteiger partial charge in [-0.05, 0) is 25.0 Å². The zero-order chi connectivity index (χ0) is 15.5. The molecule has 0 spiro atoms. The molecule has 0 atom stereocenters. The van der Waals surface area contributed by atoms with E-state index < -0.39 is 0 Å². The number of hydrogen-bond acceptors (Lipinski definition) is 4. The molecular weight excluding hydrogens is 276 g/mol. The van der Waals surface area contributed by atoms with Crippen molar-refractivity contribution in [2.24, 2.45) is 5.92 Å². The average molecular weight is 296 g/mol. The lowest BCUT2D eigenvalue weighted by Crippen LogP contribution is -2.04. The summed E-state index contributed by atoms with van der Waals surface area (Å²) >= 11 is 0. The SMILES string of the molecule is Cc1ccc2cccc(OCc3cn(CC(C)C)nn3)c2n1. The van der Waals surface area contributed by atoms with Gasteiger partial charge in [0.25, 0.3) is 0 Å². The topological polar surface area (TPSA) is 52.8 Å². The zero-order valence-electron chi connectivity index (χ0n) is 13.2. The lowest BCUT2D eigenvalue weighted by molar-refractivity contribution is 0.304. The number of hydrogen-bond donors (Lipinski definition) is 0. The first-order chi connectivity index (χ1) is 10.6. The summed E-state index contributed by atoms with van der Waals surface area (Å²) in [5.41, 5.74) is 2.69. The number of pyridine rings is 1. The van der Waals surface area contributed by atoms with Crippen molar-refractivity contribution < 1.29 is 4.74 Å². The minimum absolute atomic E-state index is 0.396. The van der Waals surface area contributed by atoms with Gasteiger partial charge in [0, 0.05) is 17.6 Å². The van der Waals surface area contributed by atoms with E-state index in [0.717, 1.165) is 34.6 Å². The number of ether oxygens (including phenoxy) is 1. The van der Waals surface area contributed by atoms with E-state index in [1.165, 1.54) is 0 Å². The van der Waals surface area contributed by atoms with E-state index in [1.807, 2.05) is 42.1 Å². The van der Waals surface area contributed by atoms with E-state index in [9.17, 15) is 0 Å². The summed E-state index contributed by atoms with van der Waals surface area (Å²) in [5.74, 6) is 1.32. The van der Waals surface area contributed by atoms with Crippen molar-refractivity contribution in [3.63, 3.8) is 0 Å². The van der Waals surface area contributed by atoms with Crippen LogP contribution in [0.1, 0.15) is 25.2 Å². The van der Waals surface area contributed by atoms with Crippen molar-refractivity contribution in [3.8, 4) is 5.75 Å². The number of benzene rings is 1. The highest BCUT2D eigenvalue weighted by atomic mass is 16.5. The second-order valence-electron chi connectivity index (χ2n) is 5.89. The smallest absolute Gasteiger partial charge is 0.146 e. The van der Waals surface area contributed by atoms with Gasteiger partial charge in [-0.2, -0.15) is 0 Å². The number of aromatic nitrogens is 4. The maximum Gasteiger partial charge on any atom is 0.146 e. The quantitative estimate of drug-likeness (QED) is 0.724. The minimum atomic E-state index is 0.396. The Labute approximate surface area is 129 Å². The largest absolute Gasteiger partial charge is 0.485 e. The lowest BCUT2D eigenvalue weighted by atomic mass is 10.2. The van der Waals surface area contributed by atoms with Gasteiger partial charge in [-0.3, -0.25) is 4.68 Å². The summed E-state index contributed by atoms with van der Waals surface area (Å²) in [6.45, 7) is 7.55. The molecule has 5 heteroatoms. The molecule has 22 heavy (non-hydrogen) atoms. The van der Waals surface area contributed by atoms with Crippen molar-refractivity contribution in [2.75, 3.05) is 0 Å². The third kappa shape index (κ3) is 3.24. The third-order valence-electron chi connectivity index (χ3n) is 3.34. The first-order valence-corrected chi connectivity index (χ1v) is 7.50. The van der Waals surface area contributed by atoms with Crippen molar-refractivity contribution in [3.05, 3.63) is 47.9 Å². The molecule has 2 heterocycles. The first kappa shape index (κ1) is 14.5. The maximum absolute atomic E-state index is 5.90. The molecule has 5 nitrogen and oxygen atoms in total. The van der Waals surface area contributed by atoms with Crippen LogP contribution in [-0.2, 0) is 13.2 Å². The molecule has 114 valence electrons. The molecule has 0 saturated carbocycles. The molecule has 0 fully saturated rings. The van der Waals surface area contributed by atoms with E-state index in [4.69, 9.17) is 4.74 Å². The molecule has 3 rings (SSSR count). The summed E-state index contributed by atoms with van der Waals surface area (Å²) in [6, 6.07) is 10.0. The molecule has 2 aromatic heterocycles. The second-order valence-corrected chi connectivity index (χ2v) is 5.89. The van der Waals surface area contributed by atoms with Gasteiger partial charge in [0.2, 0.25) is 0 Å². The van der Waals surface area contributed by atoms with Crippen molar-refractivity contribution in [2.45, 2.75) is 33.9 Å². The Kier molecular flexibility index (Phi) is 4.04. The highest BCUT2D eigenvalue weighted by Crippen LogP contribution is 2.24. The van der Waals surface area contributed by atoms with Gasteiger partial charge in [-0.15, -0.1) is 5.10 Å². The van der Waals surface area contributed by atoms with Gasteiger partial charge >= 0.3 is 0 Å². The van der Waals surface area contributed by atoms with Crippen LogP contribution in [0, 0.1) is 12.8 Å². The molecule has 0 aliphatic rings. The Balaban J connectivity index is 1.76. The van der Waals surface area contributed by atoms with Crippen molar-refractivity contribution in [1.82, 2.24) is 20.0 Å². The summed E-state index contributed by atoms with van der Waals surface area (Å²) in [5, 5.41) is 9.34. The van der Waals surface area contributed by atoms with Crippen LogP contribution >= 0.6 is 0 Å². The Morgan fingerprint density at radius 2 is 2.05 bits per heavy atom. The standard InChI is InChI=1S/C17H20N4O/c1-12(2)9-21-10-15(19-20-21)11-22-16-6-4-5-14-8-7-13(3)18-17(14)16/h4-8,10,12H,9,11H2,1-3H3. The number of para-hydroxylation sites is 1. The normalized spacial score (nSPS) is 11.3. The van der Waals surface area contributed by atoms with E-state index >= 15 is 0 Å². The molecule has 3 aromatic rings. The van der Waals surface area contributed by atoms with Crippen LogP contribution in [0.25, 0.3) is 10.9 Å². The Hall–Kier alpha value is -2.43. The summed E-state index contributed by atoms with van der Waals surface area (Å²) in [7, 11) is 0. The molecule has 0 bridgehead atoms. The fourth-order valence-electron chi connectivity index (χ4n) is 2.35. The Morgan fingerprint density at radius 1 is 1.18 bits per heavy atom.